The average Bonchev–Trinajstić information content (AvgIpc) is 2.83. The molecule has 34 heavy (non-hydrogen) atoms. The number of aliphatic hydroxyl groups excluding tert-OH is 9. The molecule has 0 aromatic rings. The molecule has 3 heterocycles. The standard InChI is InChI=1S/C19H34O15/c1-29-18-15(13(27)11(25)8(4-21)31-18)34-19-16(14(28)12(26)9(5-22)32-19)33-17-10(24)7(23)2-6(3-20)30-17/h6-28H,2-5H2,1H3/t6-,7-,8+,9+,10-,11+,12+,13-,14-,15-,16-,17-,18+,19-/m0/s1. The Morgan fingerprint density at radius 3 is 1.62 bits per heavy atom. The first kappa shape index (κ1) is 28.0. The molecule has 3 fully saturated rings. The van der Waals surface area contributed by atoms with Crippen molar-refractivity contribution in [3.63, 3.8) is 0 Å². The van der Waals surface area contributed by atoms with E-state index in [1.165, 1.54) is 7.11 Å². The molecule has 200 valence electrons. The van der Waals surface area contributed by atoms with Gasteiger partial charge in [0.2, 0.25) is 0 Å². The van der Waals surface area contributed by atoms with Crippen molar-refractivity contribution in [3.8, 4) is 0 Å². The maximum atomic E-state index is 10.7. The van der Waals surface area contributed by atoms with Gasteiger partial charge in [-0.2, -0.15) is 0 Å². The molecule has 9 N–H and O–H groups in total. The van der Waals surface area contributed by atoms with E-state index in [1.807, 2.05) is 0 Å². The van der Waals surface area contributed by atoms with E-state index in [0.717, 1.165) is 0 Å². The lowest BCUT2D eigenvalue weighted by Gasteiger charge is -2.48. The number of ether oxygens (including phenoxy) is 6. The van der Waals surface area contributed by atoms with Crippen LogP contribution in [-0.2, 0) is 28.4 Å². The third kappa shape index (κ3) is 5.69. The van der Waals surface area contributed by atoms with E-state index in [9.17, 15) is 46.0 Å². The Morgan fingerprint density at radius 1 is 0.618 bits per heavy atom. The number of methoxy groups -OCH3 is 1. The highest BCUT2D eigenvalue weighted by Gasteiger charge is 2.53. The molecule has 0 aromatic carbocycles. The van der Waals surface area contributed by atoms with Crippen molar-refractivity contribution in [2.24, 2.45) is 0 Å². The Hall–Kier alpha value is -0.600. The van der Waals surface area contributed by atoms with E-state index in [0.29, 0.717) is 0 Å². The van der Waals surface area contributed by atoms with Crippen LogP contribution in [0.1, 0.15) is 6.42 Å². The Kier molecular flexibility index (Phi) is 9.95. The average molecular weight is 502 g/mol. The van der Waals surface area contributed by atoms with Crippen LogP contribution in [0.15, 0.2) is 0 Å². The molecule has 14 atom stereocenters. The fourth-order valence-corrected chi connectivity index (χ4v) is 4.16. The van der Waals surface area contributed by atoms with E-state index < -0.39 is 106 Å². The smallest absolute Gasteiger partial charge is 0.187 e. The van der Waals surface area contributed by atoms with Gasteiger partial charge in [-0.15, -0.1) is 0 Å². The van der Waals surface area contributed by atoms with Crippen molar-refractivity contribution >= 4 is 0 Å². The van der Waals surface area contributed by atoms with Crippen molar-refractivity contribution in [1.29, 1.82) is 0 Å². The molecule has 0 radical (unpaired) electrons. The zero-order valence-corrected chi connectivity index (χ0v) is 18.4. The molecule has 3 rings (SSSR count). The maximum absolute atomic E-state index is 10.7. The fraction of sp³-hybridized carbons (Fsp3) is 1.00. The van der Waals surface area contributed by atoms with Crippen LogP contribution in [0.2, 0.25) is 0 Å². The molecule has 3 aliphatic heterocycles. The first-order chi connectivity index (χ1) is 16.2. The van der Waals surface area contributed by atoms with Gasteiger partial charge in [-0.1, -0.05) is 0 Å². The van der Waals surface area contributed by atoms with E-state index in [4.69, 9.17) is 28.4 Å². The second-order valence-corrected chi connectivity index (χ2v) is 8.45. The van der Waals surface area contributed by atoms with Gasteiger partial charge in [-0.25, -0.2) is 0 Å². The summed E-state index contributed by atoms with van der Waals surface area (Å²) in [4.78, 5) is 0. The zero-order chi connectivity index (χ0) is 25.2. The van der Waals surface area contributed by atoms with E-state index >= 15 is 0 Å². The van der Waals surface area contributed by atoms with Gasteiger partial charge < -0.3 is 74.4 Å². The summed E-state index contributed by atoms with van der Waals surface area (Å²) in [5.74, 6) is 0. The van der Waals surface area contributed by atoms with E-state index in [1.54, 1.807) is 0 Å². The summed E-state index contributed by atoms with van der Waals surface area (Å²) in [6.45, 7) is -1.85. The van der Waals surface area contributed by atoms with Gasteiger partial charge in [0.15, 0.2) is 18.9 Å². The first-order valence-electron chi connectivity index (χ1n) is 10.9. The summed E-state index contributed by atoms with van der Waals surface area (Å²) >= 11 is 0. The van der Waals surface area contributed by atoms with Gasteiger partial charge in [0.05, 0.1) is 32.0 Å². The zero-order valence-electron chi connectivity index (χ0n) is 18.4. The second kappa shape index (κ2) is 12.1. The van der Waals surface area contributed by atoms with Gasteiger partial charge in [-0.3, -0.25) is 0 Å². The quantitative estimate of drug-likeness (QED) is 0.150. The van der Waals surface area contributed by atoms with Gasteiger partial charge in [-0.05, 0) is 0 Å². The van der Waals surface area contributed by atoms with E-state index in [-0.39, 0.29) is 6.42 Å². The van der Waals surface area contributed by atoms with Gasteiger partial charge >= 0.3 is 0 Å². The number of rotatable bonds is 8. The summed E-state index contributed by atoms with van der Waals surface area (Å²) < 4.78 is 32.7. The first-order valence-corrected chi connectivity index (χ1v) is 10.9. The largest absolute Gasteiger partial charge is 0.394 e. The Morgan fingerprint density at radius 2 is 1.12 bits per heavy atom. The fourth-order valence-electron chi connectivity index (χ4n) is 4.16. The maximum Gasteiger partial charge on any atom is 0.187 e. The van der Waals surface area contributed by atoms with Crippen molar-refractivity contribution in [1.82, 2.24) is 0 Å². The molecule has 0 spiro atoms. The van der Waals surface area contributed by atoms with Crippen molar-refractivity contribution in [3.05, 3.63) is 0 Å². The molecular formula is C19H34O15. The van der Waals surface area contributed by atoms with Gasteiger partial charge in [0, 0.05) is 13.5 Å². The molecule has 15 nitrogen and oxygen atoms in total. The summed E-state index contributed by atoms with van der Waals surface area (Å²) in [5.41, 5.74) is 0. The molecule has 0 aliphatic carbocycles. The highest BCUT2D eigenvalue weighted by atomic mass is 16.8. The number of hydrogen-bond donors (Lipinski definition) is 9. The van der Waals surface area contributed by atoms with Crippen molar-refractivity contribution in [2.45, 2.75) is 92.4 Å². The molecule has 3 saturated heterocycles. The van der Waals surface area contributed by atoms with Crippen LogP contribution in [0.5, 0.6) is 0 Å². The van der Waals surface area contributed by atoms with Crippen LogP contribution in [0.25, 0.3) is 0 Å². The molecular weight excluding hydrogens is 468 g/mol. The predicted molar refractivity (Wildman–Crippen MR) is 105 cm³/mol. The van der Waals surface area contributed by atoms with Crippen LogP contribution < -0.4 is 0 Å². The number of aliphatic hydroxyl groups is 9. The summed E-state index contributed by atoms with van der Waals surface area (Å²) in [6.07, 6.45) is -20.7. The summed E-state index contributed by atoms with van der Waals surface area (Å²) in [6, 6.07) is 0. The predicted octanol–water partition coefficient (Wildman–Crippen LogP) is -5.89. The van der Waals surface area contributed by atoms with Gasteiger partial charge in [0.25, 0.3) is 0 Å². The van der Waals surface area contributed by atoms with E-state index in [2.05, 4.69) is 0 Å². The number of hydrogen-bond acceptors (Lipinski definition) is 15. The van der Waals surface area contributed by atoms with Crippen LogP contribution in [0.3, 0.4) is 0 Å². The van der Waals surface area contributed by atoms with Crippen LogP contribution in [0, 0.1) is 0 Å². The topological polar surface area (TPSA) is 237 Å². The van der Waals surface area contributed by atoms with Crippen molar-refractivity contribution < 1.29 is 74.4 Å². The molecule has 0 amide bonds. The Bertz CT molecular complexity index is 625. The van der Waals surface area contributed by atoms with Gasteiger partial charge in [0.1, 0.15) is 54.9 Å². The minimum Gasteiger partial charge on any atom is -0.394 e. The third-order valence-electron chi connectivity index (χ3n) is 6.17. The summed E-state index contributed by atoms with van der Waals surface area (Å²) in [5, 5.41) is 90.3. The summed E-state index contributed by atoms with van der Waals surface area (Å²) in [7, 11) is 1.22. The SMILES string of the molecule is CO[C@@H]1O[C@H](CO)[C@@H](O)[C@H](O)[C@@H]1O[C@@H]1O[C@H](CO)[C@@H](O)[C@H](O)[C@@H]1O[C@@H]1O[C@H](CO)C[C@H](O)[C@@H]1O. The minimum absolute atomic E-state index is 0.0819. The molecule has 0 unspecified atom stereocenters. The normalized spacial score (nSPS) is 50.3. The Balaban J connectivity index is 1.83. The van der Waals surface area contributed by atoms with Crippen molar-refractivity contribution in [2.75, 3.05) is 26.9 Å². The molecule has 0 aromatic heterocycles. The lowest BCUT2D eigenvalue weighted by molar-refractivity contribution is -0.388. The Labute approximate surface area is 194 Å². The monoisotopic (exact) mass is 502 g/mol. The minimum atomic E-state index is -1.77. The second-order valence-electron chi connectivity index (χ2n) is 8.45. The highest BCUT2D eigenvalue weighted by Crippen LogP contribution is 2.32. The lowest BCUT2D eigenvalue weighted by Crippen LogP contribution is -2.66. The highest BCUT2D eigenvalue weighted by molar-refractivity contribution is 4.95. The lowest BCUT2D eigenvalue weighted by atomic mass is 9.97. The molecule has 3 aliphatic rings. The molecule has 0 saturated carbocycles. The van der Waals surface area contributed by atoms with Crippen LogP contribution in [-0.4, -0.2) is 159 Å². The molecule has 0 bridgehead atoms. The third-order valence-corrected chi connectivity index (χ3v) is 6.17. The van der Waals surface area contributed by atoms with Crippen LogP contribution >= 0.6 is 0 Å². The van der Waals surface area contributed by atoms with Crippen LogP contribution in [0.4, 0.5) is 0 Å². The molecule has 15 heteroatoms.